The van der Waals surface area contributed by atoms with E-state index in [-0.39, 0.29) is 30.2 Å². The standard InChI is InChI=1S/C15H21N3O3/c1-8(2)11(16)7-14(19)17-10-4-5-13-12(6-10)18-15(20)9(3)21-13/h4-6,8-9,11H,7,16H2,1-3H3,(H,17,19)(H,18,20). The maximum atomic E-state index is 11.9. The molecule has 0 aromatic heterocycles. The normalized spacial score (nSPS) is 18.5. The summed E-state index contributed by atoms with van der Waals surface area (Å²) < 4.78 is 5.46. The lowest BCUT2D eigenvalue weighted by Crippen LogP contribution is -2.34. The van der Waals surface area contributed by atoms with Gasteiger partial charge in [0.25, 0.3) is 5.91 Å². The molecule has 4 N–H and O–H groups in total. The number of anilines is 2. The number of fused-ring (bicyclic) bond motifs is 1. The van der Waals surface area contributed by atoms with Crippen LogP contribution in [0.15, 0.2) is 18.2 Å². The van der Waals surface area contributed by atoms with E-state index in [9.17, 15) is 9.59 Å². The van der Waals surface area contributed by atoms with E-state index in [1.807, 2.05) is 13.8 Å². The summed E-state index contributed by atoms with van der Waals surface area (Å²) in [5, 5.41) is 5.52. The molecule has 0 aliphatic carbocycles. The summed E-state index contributed by atoms with van der Waals surface area (Å²) in [6.07, 6.45) is -0.253. The van der Waals surface area contributed by atoms with Gasteiger partial charge in [0.1, 0.15) is 5.75 Å². The van der Waals surface area contributed by atoms with E-state index < -0.39 is 6.10 Å². The van der Waals surface area contributed by atoms with Crippen LogP contribution in [-0.4, -0.2) is 24.0 Å². The van der Waals surface area contributed by atoms with Crippen LogP contribution in [0, 0.1) is 5.92 Å². The molecule has 6 nitrogen and oxygen atoms in total. The molecule has 1 aliphatic rings. The van der Waals surface area contributed by atoms with Gasteiger partial charge in [-0.05, 0) is 31.0 Å². The van der Waals surface area contributed by atoms with Crippen LogP contribution >= 0.6 is 0 Å². The summed E-state index contributed by atoms with van der Waals surface area (Å²) in [7, 11) is 0. The van der Waals surface area contributed by atoms with E-state index >= 15 is 0 Å². The van der Waals surface area contributed by atoms with Crippen LogP contribution in [0.1, 0.15) is 27.2 Å². The van der Waals surface area contributed by atoms with Crippen LogP contribution < -0.4 is 21.1 Å². The topological polar surface area (TPSA) is 93.4 Å². The van der Waals surface area contributed by atoms with Crippen LogP contribution in [0.25, 0.3) is 0 Å². The molecule has 2 rings (SSSR count). The average Bonchev–Trinajstić information content (AvgIpc) is 2.40. The third-order valence-corrected chi connectivity index (χ3v) is 3.47. The first-order chi connectivity index (χ1) is 9.86. The van der Waals surface area contributed by atoms with Crippen molar-refractivity contribution in [3.8, 4) is 5.75 Å². The van der Waals surface area contributed by atoms with Gasteiger partial charge in [-0.3, -0.25) is 9.59 Å². The minimum absolute atomic E-state index is 0.146. The predicted octanol–water partition coefficient (Wildman–Crippen LogP) is 1.72. The highest BCUT2D eigenvalue weighted by Crippen LogP contribution is 2.32. The van der Waals surface area contributed by atoms with Crippen molar-refractivity contribution in [2.75, 3.05) is 10.6 Å². The molecule has 2 atom stereocenters. The molecule has 0 saturated heterocycles. The Labute approximate surface area is 124 Å². The SMILES string of the molecule is CC1Oc2ccc(NC(=O)CC(N)C(C)C)cc2NC1=O. The van der Waals surface area contributed by atoms with Gasteiger partial charge >= 0.3 is 0 Å². The van der Waals surface area contributed by atoms with Gasteiger partial charge in [0, 0.05) is 18.2 Å². The first-order valence-corrected chi connectivity index (χ1v) is 7.04. The number of ether oxygens (including phenoxy) is 1. The monoisotopic (exact) mass is 291 g/mol. The van der Waals surface area contributed by atoms with Crippen molar-refractivity contribution in [2.45, 2.75) is 39.3 Å². The number of amides is 2. The largest absolute Gasteiger partial charge is 0.479 e. The lowest BCUT2D eigenvalue weighted by Gasteiger charge is -2.23. The maximum absolute atomic E-state index is 11.9. The zero-order valence-electron chi connectivity index (χ0n) is 12.5. The number of carbonyl (C=O) groups excluding carboxylic acids is 2. The molecule has 0 radical (unpaired) electrons. The van der Waals surface area contributed by atoms with Gasteiger partial charge in [0.2, 0.25) is 5.91 Å². The molecular weight excluding hydrogens is 270 g/mol. The fourth-order valence-corrected chi connectivity index (χ4v) is 1.95. The van der Waals surface area contributed by atoms with Gasteiger partial charge < -0.3 is 21.1 Å². The summed E-state index contributed by atoms with van der Waals surface area (Å²) in [5.74, 6) is 0.493. The van der Waals surface area contributed by atoms with E-state index in [0.717, 1.165) is 0 Å². The van der Waals surface area contributed by atoms with Gasteiger partial charge in [0.15, 0.2) is 6.10 Å². The summed E-state index contributed by atoms with van der Waals surface area (Å²) in [4.78, 5) is 23.5. The number of benzene rings is 1. The molecule has 114 valence electrons. The Hall–Kier alpha value is -2.08. The van der Waals surface area contributed by atoms with Crippen LogP contribution in [0.4, 0.5) is 11.4 Å². The molecule has 1 heterocycles. The van der Waals surface area contributed by atoms with Crippen molar-refractivity contribution >= 4 is 23.2 Å². The second-order valence-electron chi connectivity index (χ2n) is 5.62. The molecule has 0 spiro atoms. The van der Waals surface area contributed by atoms with E-state index in [0.29, 0.717) is 17.1 Å². The van der Waals surface area contributed by atoms with Crippen LogP contribution in [0.5, 0.6) is 5.75 Å². The van der Waals surface area contributed by atoms with Crippen molar-refractivity contribution in [1.29, 1.82) is 0 Å². The minimum Gasteiger partial charge on any atom is -0.479 e. The van der Waals surface area contributed by atoms with Crippen molar-refractivity contribution in [1.82, 2.24) is 0 Å². The fraction of sp³-hybridized carbons (Fsp3) is 0.467. The molecule has 2 amide bonds. The van der Waals surface area contributed by atoms with Crippen molar-refractivity contribution in [3.05, 3.63) is 18.2 Å². The maximum Gasteiger partial charge on any atom is 0.265 e. The fourth-order valence-electron chi connectivity index (χ4n) is 1.95. The molecule has 0 saturated carbocycles. The smallest absolute Gasteiger partial charge is 0.265 e. The molecule has 0 bridgehead atoms. The Kier molecular flexibility index (Phi) is 4.47. The Balaban J connectivity index is 2.04. The summed E-state index contributed by atoms with van der Waals surface area (Å²) >= 11 is 0. The predicted molar refractivity (Wildman–Crippen MR) is 81.2 cm³/mol. The molecule has 2 unspecified atom stereocenters. The Bertz CT molecular complexity index is 557. The number of nitrogens with one attached hydrogen (secondary N) is 2. The van der Waals surface area contributed by atoms with Gasteiger partial charge in [-0.2, -0.15) is 0 Å². The number of carbonyl (C=O) groups is 2. The zero-order chi connectivity index (χ0) is 15.6. The highest BCUT2D eigenvalue weighted by Gasteiger charge is 2.23. The number of nitrogens with two attached hydrogens (primary N) is 1. The summed E-state index contributed by atoms with van der Waals surface area (Å²) in [5.41, 5.74) is 7.04. The Morgan fingerprint density at radius 3 is 2.86 bits per heavy atom. The summed E-state index contributed by atoms with van der Waals surface area (Å²) in [6, 6.07) is 4.97. The third-order valence-electron chi connectivity index (χ3n) is 3.47. The average molecular weight is 291 g/mol. The molecule has 6 heteroatoms. The van der Waals surface area contributed by atoms with Gasteiger partial charge in [0.05, 0.1) is 5.69 Å². The third kappa shape index (κ3) is 3.72. The molecule has 1 aliphatic heterocycles. The molecule has 21 heavy (non-hydrogen) atoms. The second-order valence-corrected chi connectivity index (χ2v) is 5.62. The highest BCUT2D eigenvalue weighted by atomic mass is 16.5. The Morgan fingerprint density at radius 1 is 1.48 bits per heavy atom. The number of hydrogen-bond donors (Lipinski definition) is 3. The van der Waals surface area contributed by atoms with Gasteiger partial charge in [-0.15, -0.1) is 0 Å². The van der Waals surface area contributed by atoms with Crippen molar-refractivity contribution in [3.63, 3.8) is 0 Å². The van der Waals surface area contributed by atoms with Crippen LogP contribution in [0.2, 0.25) is 0 Å². The van der Waals surface area contributed by atoms with E-state index in [1.54, 1.807) is 25.1 Å². The van der Waals surface area contributed by atoms with Crippen molar-refractivity contribution < 1.29 is 14.3 Å². The van der Waals surface area contributed by atoms with Gasteiger partial charge in [-0.1, -0.05) is 13.8 Å². The first kappa shape index (κ1) is 15.3. The molecule has 1 aromatic rings. The number of hydrogen-bond acceptors (Lipinski definition) is 4. The quantitative estimate of drug-likeness (QED) is 0.787. The van der Waals surface area contributed by atoms with Crippen LogP contribution in [0.3, 0.4) is 0 Å². The van der Waals surface area contributed by atoms with E-state index in [1.165, 1.54) is 0 Å². The molecule has 0 fully saturated rings. The lowest BCUT2D eigenvalue weighted by atomic mass is 10.0. The number of rotatable bonds is 4. The van der Waals surface area contributed by atoms with Crippen molar-refractivity contribution in [2.24, 2.45) is 11.7 Å². The molecular formula is C15H21N3O3. The van der Waals surface area contributed by atoms with E-state index in [4.69, 9.17) is 10.5 Å². The minimum atomic E-state index is -0.512. The highest BCUT2D eigenvalue weighted by molar-refractivity contribution is 5.99. The molecule has 1 aromatic carbocycles. The second kappa shape index (κ2) is 6.13. The zero-order valence-corrected chi connectivity index (χ0v) is 12.5. The van der Waals surface area contributed by atoms with Gasteiger partial charge in [-0.25, -0.2) is 0 Å². The van der Waals surface area contributed by atoms with Crippen LogP contribution in [-0.2, 0) is 9.59 Å². The van der Waals surface area contributed by atoms with E-state index in [2.05, 4.69) is 10.6 Å². The first-order valence-electron chi connectivity index (χ1n) is 7.04. The Morgan fingerprint density at radius 2 is 2.19 bits per heavy atom. The lowest BCUT2D eigenvalue weighted by molar-refractivity contribution is -0.122. The summed E-state index contributed by atoms with van der Waals surface area (Å²) in [6.45, 7) is 5.64.